The second-order valence-electron chi connectivity index (χ2n) is 5.63. The van der Waals surface area contributed by atoms with Crippen LogP contribution in [0.15, 0.2) is 48.5 Å². The van der Waals surface area contributed by atoms with E-state index in [4.69, 9.17) is 0 Å². The third-order valence-corrected chi connectivity index (χ3v) is 3.96. The summed E-state index contributed by atoms with van der Waals surface area (Å²) in [6.45, 7) is 1.78. The summed E-state index contributed by atoms with van der Waals surface area (Å²) >= 11 is 0. The number of anilines is 1. The van der Waals surface area contributed by atoms with Crippen molar-refractivity contribution < 1.29 is 9.72 Å². The molecule has 1 aliphatic carbocycles. The highest BCUT2D eigenvalue weighted by molar-refractivity contribution is 5.97. The van der Waals surface area contributed by atoms with Gasteiger partial charge >= 0.3 is 0 Å². The van der Waals surface area contributed by atoms with Gasteiger partial charge in [0, 0.05) is 12.0 Å². The van der Waals surface area contributed by atoms with Crippen molar-refractivity contribution in [1.82, 2.24) is 0 Å². The predicted octanol–water partition coefficient (Wildman–Crippen LogP) is 3.65. The van der Waals surface area contributed by atoms with Crippen LogP contribution in [0.5, 0.6) is 0 Å². The van der Waals surface area contributed by atoms with Gasteiger partial charge in [0.25, 0.3) is 5.69 Å². The molecule has 2 atom stereocenters. The normalized spacial score (nSPS) is 19.5. The highest BCUT2D eigenvalue weighted by Crippen LogP contribution is 2.48. The Labute approximate surface area is 128 Å². The number of amides is 1. The Bertz CT molecular complexity index is 728. The maximum atomic E-state index is 12.3. The summed E-state index contributed by atoms with van der Waals surface area (Å²) in [6.07, 6.45) is 0.787. The number of nitrogens with zero attached hydrogens (tertiary/aromatic N) is 1. The molecule has 0 radical (unpaired) electrons. The summed E-state index contributed by atoms with van der Waals surface area (Å²) in [5.41, 5.74) is 2.13. The Balaban J connectivity index is 1.73. The number of hydrogen-bond acceptors (Lipinski definition) is 3. The van der Waals surface area contributed by atoms with Gasteiger partial charge in [-0.2, -0.15) is 0 Å². The molecule has 0 aliphatic heterocycles. The molecule has 0 heterocycles. The van der Waals surface area contributed by atoms with Gasteiger partial charge in [0.1, 0.15) is 5.69 Å². The van der Waals surface area contributed by atoms with E-state index in [1.54, 1.807) is 19.1 Å². The number of hydrogen-bond donors (Lipinski definition) is 1. The van der Waals surface area contributed by atoms with E-state index in [9.17, 15) is 14.9 Å². The lowest BCUT2D eigenvalue weighted by Gasteiger charge is -2.06. The first-order valence-corrected chi connectivity index (χ1v) is 7.17. The topological polar surface area (TPSA) is 72.2 Å². The summed E-state index contributed by atoms with van der Waals surface area (Å²) < 4.78 is 0. The molecular formula is C17H16N2O3. The van der Waals surface area contributed by atoms with E-state index in [-0.39, 0.29) is 29.1 Å². The van der Waals surface area contributed by atoms with Crippen molar-refractivity contribution in [2.45, 2.75) is 19.3 Å². The van der Waals surface area contributed by atoms with Crippen LogP contribution in [-0.2, 0) is 4.79 Å². The van der Waals surface area contributed by atoms with Crippen LogP contribution >= 0.6 is 0 Å². The SMILES string of the molecule is Cc1ccc(NC(=O)[C@@H]2C[C@@H]2c2ccccc2)c([N+](=O)[O-])c1. The average molecular weight is 296 g/mol. The molecule has 1 aliphatic rings. The summed E-state index contributed by atoms with van der Waals surface area (Å²) in [5.74, 6) is -0.0465. The molecule has 1 fully saturated rings. The molecule has 3 rings (SSSR count). The first-order chi connectivity index (χ1) is 10.6. The summed E-state index contributed by atoms with van der Waals surface area (Å²) in [5, 5.41) is 13.8. The van der Waals surface area contributed by atoms with Crippen molar-refractivity contribution in [1.29, 1.82) is 0 Å². The second-order valence-corrected chi connectivity index (χ2v) is 5.63. The molecule has 1 saturated carbocycles. The number of aryl methyl sites for hydroxylation is 1. The summed E-state index contributed by atoms with van der Waals surface area (Å²) in [6, 6.07) is 14.7. The van der Waals surface area contributed by atoms with Crippen LogP contribution < -0.4 is 5.32 Å². The van der Waals surface area contributed by atoms with Gasteiger partial charge in [-0.3, -0.25) is 14.9 Å². The van der Waals surface area contributed by atoms with Crippen LogP contribution in [0.2, 0.25) is 0 Å². The zero-order valence-electron chi connectivity index (χ0n) is 12.2. The molecule has 0 unspecified atom stereocenters. The molecule has 2 aromatic carbocycles. The number of rotatable bonds is 4. The average Bonchev–Trinajstić information content (AvgIpc) is 3.30. The Morgan fingerprint density at radius 3 is 2.64 bits per heavy atom. The monoisotopic (exact) mass is 296 g/mol. The third-order valence-electron chi connectivity index (χ3n) is 3.96. The highest BCUT2D eigenvalue weighted by Gasteiger charge is 2.44. The molecule has 0 aromatic heterocycles. The van der Waals surface area contributed by atoms with E-state index >= 15 is 0 Å². The maximum Gasteiger partial charge on any atom is 0.293 e. The zero-order valence-corrected chi connectivity index (χ0v) is 12.2. The standard InChI is InChI=1S/C17H16N2O3/c1-11-7-8-15(16(9-11)19(21)22)18-17(20)14-10-13(14)12-5-3-2-4-6-12/h2-9,13-14H,10H2,1H3,(H,18,20)/t13-,14-/m1/s1. The van der Waals surface area contributed by atoms with Gasteiger partial charge in [0.05, 0.1) is 4.92 Å². The van der Waals surface area contributed by atoms with Gasteiger partial charge in [0.2, 0.25) is 5.91 Å². The Hall–Kier alpha value is -2.69. The molecule has 22 heavy (non-hydrogen) atoms. The molecule has 0 spiro atoms. The Morgan fingerprint density at radius 2 is 1.95 bits per heavy atom. The fraction of sp³-hybridized carbons (Fsp3) is 0.235. The van der Waals surface area contributed by atoms with E-state index in [2.05, 4.69) is 5.32 Å². The summed E-state index contributed by atoms with van der Waals surface area (Å²) in [7, 11) is 0. The number of benzene rings is 2. The van der Waals surface area contributed by atoms with E-state index in [0.717, 1.165) is 17.5 Å². The molecule has 5 heteroatoms. The van der Waals surface area contributed by atoms with Crippen molar-refractivity contribution in [3.63, 3.8) is 0 Å². The van der Waals surface area contributed by atoms with Gasteiger partial charge in [-0.15, -0.1) is 0 Å². The molecule has 112 valence electrons. The molecule has 2 aromatic rings. The minimum Gasteiger partial charge on any atom is -0.320 e. The van der Waals surface area contributed by atoms with Gasteiger partial charge in [-0.25, -0.2) is 0 Å². The van der Waals surface area contributed by atoms with Crippen molar-refractivity contribution in [2.24, 2.45) is 5.92 Å². The third kappa shape index (κ3) is 2.83. The smallest absolute Gasteiger partial charge is 0.293 e. The van der Waals surface area contributed by atoms with Crippen molar-refractivity contribution in [2.75, 3.05) is 5.32 Å². The van der Waals surface area contributed by atoms with Crippen molar-refractivity contribution in [3.05, 3.63) is 69.8 Å². The van der Waals surface area contributed by atoms with Gasteiger partial charge < -0.3 is 5.32 Å². The van der Waals surface area contributed by atoms with Crippen molar-refractivity contribution in [3.8, 4) is 0 Å². The molecule has 1 amide bonds. The van der Waals surface area contributed by atoms with E-state index in [1.165, 1.54) is 6.07 Å². The van der Waals surface area contributed by atoms with E-state index < -0.39 is 4.92 Å². The van der Waals surface area contributed by atoms with E-state index in [1.807, 2.05) is 30.3 Å². The van der Waals surface area contributed by atoms with Gasteiger partial charge in [-0.05, 0) is 36.5 Å². The molecule has 5 nitrogen and oxygen atoms in total. The van der Waals surface area contributed by atoms with Crippen LogP contribution in [0, 0.1) is 23.0 Å². The van der Waals surface area contributed by atoms with Crippen LogP contribution in [0.25, 0.3) is 0 Å². The number of carbonyl (C=O) groups is 1. The molecule has 0 bridgehead atoms. The lowest BCUT2D eigenvalue weighted by atomic mass is 10.1. The summed E-state index contributed by atoms with van der Waals surface area (Å²) in [4.78, 5) is 22.9. The quantitative estimate of drug-likeness (QED) is 0.691. The molecule has 0 saturated heterocycles. The zero-order chi connectivity index (χ0) is 15.7. The lowest BCUT2D eigenvalue weighted by molar-refractivity contribution is -0.384. The van der Waals surface area contributed by atoms with Crippen molar-refractivity contribution >= 4 is 17.3 Å². The first kappa shape index (κ1) is 14.3. The maximum absolute atomic E-state index is 12.3. The van der Waals surface area contributed by atoms with E-state index in [0.29, 0.717) is 0 Å². The second kappa shape index (κ2) is 5.60. The highest BCUT2D eigenvalue weighted by atomic mass is 16.6. The number of nitro benzene ring substituents is 1. The Morgan fingerprint density at radius 1 is 1.23 bits per heavy atom. The fourth-order valence-corrected chi connectivity index (χ4v) is 2.68. The number of carbonyl (C=O) groups excluding carboxylic acids is 1. The molecular weight excluding hydrogens is 280 g/mol. The van der Waals surface area contributed by atoms with Crippen LogP contribution in [0.3, 0.4) is 0 Å². The van der Waals surface area contributed by atoms with Gasteiger partial charge in [0.15, 0.2) is 0 Å². The lowest BCUT2D eigenvalue weighted by Crippen LogP contribution is -2.15. The number of nitro groups is 1. The number of nitrogens with one attached hydrogen (secondary N) is 1. The van der Waals surface area contributed by atoms with Gasteiger partial charge in [-0.1, -0.05) is 36.4 Å². The van der Waals surface area contributed by atoms with Crippen LogP contribution in [0.4, 0.5) is 11.4 Å². The molecule has 1 N–H and O–H groups in total. The fourth-order valence-electron chi connectivity index (χ4n) is 2.68. The Kier molecular flexibility index (Phi) is 3.63. The predicted molar refractivity (Wildman–Crippen MR) is 83.8 cm³/mol. The first-order valence-electron chi connectivity index (χ1n) is 7.17. The largest absolute Gasteiger partial charge is 0.320 e. The van der Waals surface area contributed by atoms with Crippen LogP contribution in [-0.4, -0.2) is 10.8 Å². The van der Waals surface area contributed by atoms with Crippen LogP contribution in [0.1, 0.15) is 23.5 Å². The minimum absolute atomic E-state index is 0.0646. The minimum atomic E-state index is -0.468.